The van der Waals surface area contributed by atoms with Crippen LogP contribution in [0.3, 0.4) is 0 Å². The Balaban J connectivity index is 2.47. The van der Waals surface area contributed by atoms with Gasteiger partial charge in [-0.3, -0.25) is 14.9 Å². The van der Waals surface area contributed by atoms with Gasteiger partial charge in [0, 0.05) is 10.8 Å². The van der Waals surface area contributed by atoms with Gasteiger partial charge >= 0.3 is 0 Å². The van der Waals surface area contributed by atoms with E-state index in [2.05, 4.69) is 0 Å². The van der Waals surface area contributed by atoms with E-state index in [9.17, 15) is 14.9 Å². The zero-order chi connectivity index (χ0) is 9.64. The molecule has 2 rings (SSSR count). The van der Waals surface area contributed by atoms with Crippen molar-refractivity contribution in [3.05, 3.63) is 22.3 Å². The number of allylic oxidation sites excluding steroid dienone is 1. The number of aldehydes is 1. The SMILES string of the molecule is O=C[C@@]1([N+](=O)[O-])[C@@H]2C=C[C@@H](C2)[C@@H]1Cl. The van der Waals surface area contributed by atoms with Crippen LogP contribution in [0.25, 0.3) is 0 Å². The van der Waals surface area contributed by atoms with E-state index in [4.69, 9.17) is 11.6 Å². The van der Waals surface area contributed by atoms with Crippen LogP contribution in [0.5, 0.6) is 0 Å². The van der Waals surface area contributed by atoms with Gasteiger partial charge in [-0.25, -0.2) is 0 Å². The van der Waals surface area contributed by atoms with Crippen molar-refractivity contribution in [3.63, 3.8) is 0 Å². The van der Waals surface area contributed by atoms with Gasteiger partial charge in [0.05, 0.1) is 5.92 Å². The van der Waals surface area contributed by atoms with Crippen molar-refractivity contribution in [1.29, 1.82) is 0 Å². The third-order valence-electron chi connectivity index (χ3n) is 3.03. The Hall–Kier alpha value is -0.900. The van der Waals surface area contributed by atoms with E-state index < -0.39 is 15.8 Å². The second-order valence-corrected chi connectivity index (χ2v) is 4.03. The van der Waals surface area contributed by atoms with Crippen LogP contribution < -0.4 is 0 Å². The Morgan fingerprint density at radius 1 is 1.62 bits per heavy atom. The maximum atomic E-state index is 10.8. The molecule has 4 atom stereocenters. The standard InChI is InChI=1S/C8H8ClNO3/c9-7-5-1-2-6(3-5)8(7,4-11)10(12)13/h1-2,4-7H,3H2/t5-,6+,7-,8+/m0/s1. The molecule has 0 unspecified atom stereocenters. The molecule has 0 saturated heterocycles. The first-order chi connectivity index (χ1) is 6.13. The van der Waals surface area contributed by atoms with Gasteiger partial charge in [0.2, 0.25) is 0 Å². The first-order valence-corrected chi connectivity index (χ1v) is 4.49. The van der Waals surface area contributed by atoms with Crippen molar-refractivity contribution in [3.8, 4) is 0 Å². The summed E-state index contributed by atoms with van der Waals surface area (Å²) in [6.07, 6.45) is 4.64. The quantitative estimate of drug-likeness (QED) is 0.220. The molecule has 70 valence electrons. The fourth-order valence-corrected chi connectivity index (χ4v) is 2.75. The van der Waals surface area contributed by atoms with Crippen LogP contribution >= 0.6 is 11.6 Å². The van der Waals surface area contributed by atoms with Crippen LogP contribution in [-0.2, 0) is 4.79 Å². The van der Waals surface area contributed by atoms with Crippen LogP contribution in [0.15, 0.2) is 12.2 Å². The van der Waals surface area contributed by atoms with Crippen LogP contribution in [0.4, 0.5) is 0 Å². The van der Waals surface area contributed by atoms with Crippen LogP contribution in [0, 0.1) is 22.0 Å². The van der Waals surface area contributed by atoms with Gasteiger partial charge in [-0.15, -0.1) is 11.6 Å². The van der Waals surface area contributed by atoms with Gasteiger partial charge in [-0.1, -0.05) is 12.2 Å². The highest BCUT2D eigenvalue weighted by atomic mass is 35.5. The number of nitro groups is 1. The summed E-state index contributed by atoms with van der Waals surface area (Å²) in [6.45, 7) is 0. The Bertz CT molecular complexity index is 304. The molecular formula is C8H8ClNO3. The first-order valence-electron chi connectivity index (χ1n) is 4.06. The molecule has 0 aliphatic heterocycles. The predicted molar refractivity (Wildman–Crippen MR) is 46.2 cm³/mol. The number of fused-ring (bicyclic) bond motifs is 2. The van der Waals surface area contributed by atoms with Crippen LogP contribution in [0.2, 0.25) is 0 Å². The lowest BCUT2D eigenvalue weighted by atomic mass is 9.86. The molecule has 0 spiro atoms. The lowest BCUT2D eigenvalue weighted by Gasteiger charge is -2.24. The highest BCUT2D eigenvalue weighted by Crippen LogP contribution is 2.49. The molecule has 4 nitrogen and oxygen atoms in total. The number of nitrogens with zero attached hydrogens (tertiary/aromatic N) is 1. The summed E-state index contributed by atoms with van der Waals surface area (Å²) < 4.78 is 0. The smallest absolute Gasteiger partial charge is 0.295 e. The third-order valence-corrected chi connectivity index (χ3v) is 3.71. The molecule has 0 aromatic rings. The zero-order valence-electron chi connectivity index (χ0n) is 6.72. The molecule has 0 heterocycles. The zero-order valence-corrected chi connectivity index (χ0v) is 7.48. The van der Waals surface area contributed by atoms with Crippen molar-refractivity contribution < 1.29 is 9.72 Å². The van der Waals surface area contributed by atoms with Gasteiger partial charge < -0.3 is 0 Å². The van der Waals surface area contributed by atoms with Crippen molar-refractivity contribution in [2.24, 2.45) is 11.8 Å². The minimum atomic E-state index is -1.57. The Labute approximate surface area is 79.7 Å². The van der Waals surface area contributed by atoms with E-state index in [1.807, 2.05) is 6.08 Å². The summed E-state index contributed by atoms with van der Waals surface area (Å²) in [5, 5.41) is 10.1. The molecular weight excluding hydrogens is 194 g/mol. The second-order valence-electron chi connectivity index (χ2n) is 3.55. The minimum Gasteiger partial charge on any atom is -0.295 e. The summed E-state index contributed by atoms with van der Waals surface area (Å²) in [4.78, 5) is 21.1. The number of halogens is 1. The fourth-order valence-electron chi connectivity index (χ4n) is 2.27. The van der Waals surface area contributed by atoms with E-state index in [1.54, 1.807) is 6.08 Å². The molecule has 0 aromatic carbocycles. The molecule has 2 aliphatic rings. The van der Waals surface area contributed by atoms with E-state index >= 15 is 0 Å². The van der Waals surface area contributed by atoms with Gasteiger partial charge in [0.25, 0.3) is 5.54 Å². The van der Waals surface area contributed by atoms with Crippen molar-refractivity contribution in [2.75, 3.05) is 0 Å². The number of carbonyl (C=O) groups excluding carboxylic acids is 1. The largest absolute Gasteiger partial charge is 0.298 e. The lowest BCUT2D eigenvalue weighted by Crippen LogP contribution is -2.51. The van der Waals surface area contributed by atoms with Gasteiger partial charge in [-0.05, 0) is 6.42 Å². The molecule has 2 bridgehead atoms. The third kappa shape index (κ3) is 0.839. The summed E-state index contributed by atoms with van der Waals surface area (Å²) in [5.74, 6) is -0.324. The minimum absolute atomic E-state index is 0.0118. The molecule has 13 heavy (non-hydrogen) atoms. The van der Waals surface area contributed by atoms with Gasteiger partial charge in [0.1, 0.15) is 5.38 Å². The number of hydrogen-bond acceptors (Lipinski definition) is 3. The summed E-state index contributed by atoms with van der Waals surface area (Å²) >= 11 is 5.90. The Kier molecular flexibility index (Phi) is 1.70. The Morgan fingerprint density at radius 2 is 2.31 bits per heavy atom. The molecule has 0 N–H and O–H groups in total. The summed E-state index contributed by atoms with van der Waals surface area (Å²) in [7, 11) is 0. The molecule has 1 saturated carbocycles. The van der Waals surface area contributed by atoms with Crippen LogP contribution in [0.1, 0.15) is 6.42 Å². The maximum absolute atomic E-state index is 10.8. The van der Waals surface area contributed by atoms with Crippen molar-refractivity contribution >= 4 is 17.9 Å². The van der Waals surface area contributed by atoms with E-state index in [0.29, 0.717) is 12.7 Å². The number of hydrogen-bond donors (Lipinski definition) is 0. The molecule has 0 radical (unpaired) electrons. The maximum Gasteiger partial charge on any atom is 0.298 e. The number of alkyl halides is 1. The van der Waals surface area contributed by atoms with E-state index in [1.165, 1.54) is 0 Å². The van der Waals surface area contributed by atoms with Crippen LogP contribution in [-0.4, -0.2) is 22.1 Å². The van der Waals surface area contributed by atoms with Gasteiger partial charge in [0.15, 0.2) is 6.29 Å². The molecule has 0 aromatic heterocycles. The normalized spacial score (nSPS) is 46.7. The van der Waals surface area contributed by atoms with E-state index in [0.717, 1.165) is 0 Å². The monoisotopic (exact) mass is 201 g/mol. The summed E-state index contributed by atoms with van der Waals surface area (Å²) in [5.41, 5.74) is -1.57. The Morgan fingerprint density at radius 3 is 2.62 bits per heavy atom. The van der Waals surface area contributed by atoms with Crippen molar-refractivity contribution in [2.45, 2.75) is 17.3 Å². The molecule has 0 amide bonds. The highest BCUT2D eigenvalue weighted by molar-refractivity contribution is 6.23. The first kappa shape index (κ1) is 8.69. The van der Waals surface area contributed by atoms with E-state index in [-0.39, 0.29) is 11.8 Å². The highest BCUT2D eigenvalue weighted by Gasteiger charge is 2.65. The second kappa shape index (κ2) is 2.54. The summed E-state index contributed by atoms with van der Waals surface area (Å²) in [6, 6.07) is 0. The average Bonchev–Trinajstić information content (AvgIpc) is 2.63. The predicted octanol–water partition coefficient (Wildman–Crippen LogP) is 1.01. The fraction of sp³-hybridized carbons (Fsp3) is 0.625. The lowest BCUT2D eigenvalue weighted by molar-refractivity contribution is -0.553. The topological polar surface area (TPSA) is 60.2 Å². The number of rotatable bonds is 2. The molecule has 2 aliphatic carbocycles. The van der Waals surface area contributed by atoms with Crippen molar-refractivity contribution in [1.82, 2.24) is 0 Å². The van der Waals surface area contributed by atoms with Gasteiger partial charge in [-0.2, -0.15) is 0 Å². The molecule has 5 heteroatoms. The average molecular weight is 202 g/mol. The number of carbonyl (C=O) groups is 1. The molecule has 1 fully saturated rings.